The first-order valence-electron chi connectivity index (χ1n) is 6.92. The summed E-state index contributed by atoms with van der Waals surface area (Å²) in [6.07, 6.45) is 2.37. The van der Waals surface area contributed by atoms with Crippen molar-refractivity contribution in [1.29, 1.82) is 0 Å². The lowest BCUT2D eigenvalue weighted by Crippen LogP contribution is -2.37. The fraction of sp³-hybridized carbons (Fsp3) is 0.467. The van der Waals surface area contributed by atoms with Gasteiger partial charge in [0.15, 0.2) is 0 Å². The third-order valence-electron chi connectivity index (χ3n) is 3.09. The van der Waals surface area contributed by atoms with Crippen LogP contribution < -0.4 is 15.0 Å². The first-order chi connectivity index (χ1) is 10.0. The average molecular weight is 294 g/mol. The Balaban J connectivity index is 2.32. The highest BCUT2D eigenvalue weighted by molar-refractivity contribution is 5.91. The van der Waals surface area contributed by atoms with Crippen LogP contribution in [-0.4, -0.2) is 37.8 Å². The molecule has 0 atom stereocenters. The minimum Gasteiger partial charge on any atom is -0.497 e. The van der Waals surface area contributed by atoms with E-state index < -0.39 is 5.97 Å². The lowest BCUT2D eigenvalue weighted by Gasteiger charge is -2.18. The average Bonchev–Trinajstić information content (AvgIpc) is 2.49. The van der Waals surface area contributed by atoms with Crippen molar-refractivity contribution in [2.45, 2.75) is 25.7 Å². The topological polar surface area (TPSA) is 78.9 Å². The van der Waals surface area contributed by atoms with E-state index in [9.17, 15) is 9.59 Å². The van der Waals surface area contributed by atoms with Gasteiger partial charge < -0.3 is 15.2 Å². The minimum absolute atomic E-state index is 0.178. The van der Waals surface area contributed by atoms with E-state index in [0.717, 1.165) is 18.5 Å². The zero-order valence-corrected chi connectivity index (χ0v) is 12.5. The van der Waals surface area contributed by atoms with E-state index >= 15 is 0 Å². The van der Waals surface area contributed by atoms with E-state index in [0.29, 0.717) is 18.7 Å². The number of hydrogen-bond donors (Lipinski definition) is 2. The molecule has 1 rings (SSSR count). The van der Waals surface area contributed by atoms with Crippen molar-refractivity contribution in [2.75, 3.05) is 25.6 Å². The molecule has 0 aliphatic carbocycles. The molecule has 6 heteroatoms. The Labute approximate surface area is 124 Å². The van der Waals surface area contributed by atoms with Gasteiger partial charge in [0.25, 0.3) is 0 Å². The molecule has 0 spiro atoms. The highest BCUT2D eigenvalue weighted by Crippen LogP contribution is 2.19. The highest BCUT2D eigenvalue weighted by atomic mass is 16.5. The van der Waals surface area contributed by atoms with Crippen LogP contribution in [-0.2, 0) is 4.79 Å². The number of carboxylic acid groups (broad SMARTS) is 1. The second-order valence-electron chi connectivity index (χ2n) is 4.70. The van der Waals surface area contributed by atoms with Crippen LogP contribution in [0.2, 0.25) is 0 Å². The van der Waals surface area contributed by atoms with Gasteiger partial charge >= 0.3 is 12.0 Å². The first kappa shape index (κ1) is 16.8. The van der Waals surface area contributed by atoms with Gasteiger partial charge in [-0.15, -0.1) is 0 Å². The fourth-order valence-electron chi connectivity index (χ4n) is 1.83. The molecule has 0 aromatic heterocycles. The third-order valence-corrected chi connectivity index (χ3v) is 3.09. The molecule has 0 aliphatic heterocycles. The van der Waals surface area contributed by atoms with E-state index in [1.54, 1.807) is 20.2 Å². The number of unbranched alkanes of at least 4 members (excludes halogenated alkanes) is 2. The van der Waals surface area contributed by atoms with Crippen LogP contribution in [0.3, 0.4) is 0 Å². The van der Waals surface area contributed by atoms with Gasteiger partial charge in [0, 0.05) is 31.8 Å². The standard InChI is InChI=1S/C15H22N2O4/c1-17(12-7-6-8-13(11-12)21-2)15(20)16-10-5-3-4-9-14(18)19/h6-8,11H,3-5,9-10H2,1-2H3,(H,16,20)(H,18,19). The molecule has 1 aromatic carbocycles. The van der Waals surface area contributed by atoms with Gasteiger partial charge in [0.2, 0.25) is 0 Å². The molecule has 0 fully saturated rings. The van der Waals surface area contributed by atoms with E-state index in [2.05, 4.69) is 5.32 Å². The number of carbonyl (C=O) groups is 2. The summed E-state index contributed by atoms with van der Waals surface area (Å²) in [6.45, 7) is 0.534. The number of rotatable bonds is 8. The zero-order valence-electron chi connectivity index (χ0n) is 12.5. The van der Waals surface area contributed by atoms with Crippen LogP contribution in [0.5, 0.6) is 5.75 Å². The molecule has 0 heterocycles. The molecule has 0 bridgehead atoms. The van der Waals surface area contributed by atoms with Gasteiger partial charge in [0.05, 0.1) is 7.11 Å². The maximum atomic E-state index is 12.0. The summed E-state index contributed by atoms with van der Waals surface area (Å²) < 4.78 is 5.12. The monoisotopic (exact) mass is 294 g/mol. The van der Waals surface area contributed by atoms with Crippen molar-refractivity contribution in [2.24, 2.45) is 0 Å². The fourth-order valence-corrected chi connectivity index (χ4v) is 1.83. The number of amides is 2. The lowest BCUT2D eigenvalue weighted by atomic mass is 10.2. The number of carboxylic acids is 1. The Hall–Kier alpha value is -2.24. The number of benzene rings is 1. The largest absolute Gasteiger partial charge is 0.497 e. The number of hydrogen-bond acceptors (Lipinski definition) is 3. The number of carbonyl (C=O) groups excluding carboxylic acids is 1. The molecule has 0 saturated heterocycles. The van der Waals surface area contributed by atoms with E-state index in [-0.39, 0.29) is 12.5 Å². The molecule has 0 unspecified atom stereocenters. The highest BCUT2D eigenvalue weighted by Gasteiger charge is 2.10. The van der Waals surface area contributed by atoms with Gasteiger partial charge in [-0.25, -0.2) is 4.79 Å². The Kier molecular flexibility index (Phi) is 7.08. The molecular formula is C15H22N2O4. The van der Waals surface area contributed by atoms with E-state index in [4.69, 9.17) is 9.84 Å². The van der Waals surface area contributed by atoms with Crippen LogP contribution in [0.15, 0.2) is 24.3 Å². The summed E-state index contributed by atoms with van der Waals surface area (Å²) in [6, 6.07) is 7.06. The molecule has 116 valence electrons. The number of ether oxygens (including phenoxy) is 1. The summed E-state index contributed by atoms with van der Waals surface area (Å²) in [4.78, 5) is 23.8. The smallest absolute Gasteiger partial charge is 0.321 e. The summed E-state index contributed by atoms with van der Waals surface area (Å²) in [5, 5.41) is 11.3. The maximum Gasteiger partial charge on any atom is 0.321 e. The predicted octanol–water partition coefficient (Wildman–Crippen LogP) is 2.49. The maximum absolute atomic E-state index is 12.0. The molecule has 2 N–H and O–H groups in total. The van der Waals surface area contributed by atoms with Crippen molar-refractivity contribution in [3.05, 3.63) is 24.3 Å². The van der Waals surface area contributed by atoms with Crippen LogP contribution >= 0.6 is 0 Å². The molecule has 0 radical (unpaired) electrons. The Morgan fingerprint density at radius 2 is 2.05 bits per heavy atom. The minimum atomic E-state index is -0.781. The number of nitrogens with one attached hydrogen (secondary N) is 1. The van der Waals surface area contributed by atoms with Crippen LogP contribution in [0, 0.1) is 0 Å². The van der Waals surface area contributed by atoms with Gasteiger partial charge in [-0.2, -0.15) is 0 Å². The SMILES string of the molecule is COc1cccc(N(C)C(=O)NCCCCCC(=O)O)c1. The lowest BCUT2D eigenvalue weighted by molar-refractivity contribution is -0.137. The van der Waals surface area contributed by atoms with E-state index in [1.807, 2.05) is 18.2 Å². The van der Waals surface area contributed by atoms with Crippen molar-refractivity contribution in [3.63, 3.8) is 0 Å². The van der Waals surface area contributed by atoms with Gasteiger partial charge in [0.1, 0.15) is 5.75 Å². The van der Waals surface area contributed by atoms with Crippen LogP contribution in [0.4, 0.5) is 10.5 Å². The summed E-state index contributed by atoms with van der Waals surface area (Å²) in [7, 11) is 3.27. The molecule has 1 aromatic rings. The summed E-state index contributed by atoms with van der Waals surface area (Å²) >= 11 is 0. The molecule has 21 heavy (non-hydrogen) atoms. The molecule has 6 nitrogen and oxygen atoms in total. The van der Waals surface area contributed by atoms with Gasteiger partial charge in [-0.1, -0.05) is 12.5 Å². The molecule has 0 aliphatic rings. The normalized spacial score (nSPS) is 10.0. The van der Waals surface area contributed by atoms with Crippen LogP contribution in [0.25, 0.3) is 0 Å². The molecule has 0 saturated carbocycles. The van der Waals surface area contributed by atoms with Crippen molar-refractivity contribution in [3.8, 4) is 5.75 Å². The first-order valence-corrected chi connectivity index (χ1v) is 6.92. The number of aliphatic carboxylic acids is 1. The number of nitrogens with zero attached hydrogens (tertiary/aromatic N) is 1. The van der Waals surface area contributed by atoms with E-state index in [1.165, 1.54) is 4.90 Å². The summed E-state index contributed by atoms with van der Waals surface area (Å²) in [5.74, 6) is -0.0855. The Morgan fingerprint density at radius 1 is 1.29 bits per heavy atom. The van der Waals surface area contributed by atoms with Gasteiger partial charge in [-0.3, -0.25) is 9.69 Å². The molecule has 2 amide bonds. The number of methoxy groups -OCH3 is 1. The zero-order chi connectivity index (χ0) is 15.7. The molecular weight excluding hydrogens is 272 g/mol. The second kappa shape index (κ2) is 8.84. The Bertz CT molecular complexity index is 476. The van der Waals surface area contributed by atoms with Crippen molar-refractivity contribution in [1.82, 2.24) is 5.32 Å². The summed E-state index contributed by atoms with van der Waals surface area (Å²) in [5.41, 5.74) is 0.748. The Morgan fingerprint density at radius 3 is 2.71 bits per heavy atom. The van der Waals surface area contributed by atoms with Gasteiger partial charge in [-0.05, 0) is 25.0 Å². The predicted molar refractivity (Wildman–Crippen MR) is 80.9 cm³/mol. The third kappa shape index (κ3) is 6.16. The van der Waals surface area contributed by atoms with Crippen LogP contribution in [0.1, 0.15) is 25.7 Å². The number of urea groups is 1. The quantitative estimate of drug-likeness (QED) is 0.722. The van der Waals surface area contributed by atoms with Crippen molar-refractivity contribution >= 4 is 17.7 Å². The number of anilines is 1. The second-order valence-corrected chi connectivity index (χ2v) is 4.70. The van der Waals surface area contributed by atoms with Crippen molar-refractivity contribution < 1.29 is 19.4 Å².